The molecule has 2 heteroatoms. The molecule has 0 amide bonds. The van der Waals surface area contributed by atoms with Crippen LogP contribution in [0.2, 0.25) is 0 Å². The van der Waals surface area contributed by atoms with E-state index in [2.05, 4.69) is 18.0 Å². The van der Waals surface area contributed by atoms with Crippen LogP contribution < -0.4 is 0 Å². The highest BCUT2D eigenvalue weighted by atomic mass is 14.7. The first-order valence-corrected chi connectivity index (χ1v) is 4.69. The number of unbranched alkanes of at least 4 members (excludes halogenated alkanes) is 2. The van der Waals surface area contributed by atoms with Gasteiger partial charge in [-0.15, -0.1) is 0 Å². The van der Waals surface area contributed by atoms with Crippen molar-refractivity contribution >= 4 is 6.21 Å². The minimum Gasteiger partial charge on any atom is -0.297 e. The highest BCUT2D eigenvalue weighted by Crippen LogP contribution is 1.97. The number of aliphatic imine (C=N–C) groups is 1. The molecule has 0 saturated carbocycles. The number of nitriles is 1. The first kappa shape index (κ1) is 11.2. The molecule has 0 aromatic rings. The Bertz CT molecular complexity index is 156. The van der Waals surface area contributed by atoms with E-state index < -0.39 is 0 Å². The third kappa shape index (κ3) is 7.27. The van der Waals surface area contributed by atoms with Crippen LogP contribution >= 0.6 is 0 Å². The normalized spacial score (nSPS) is 13.1. The van der Waals surface area contributed by atoms with E-state index in [-0.39, 0.29) is 5.92 Å². The zero-order valence-corrected chi connectivity index (χ0v) is 8.08. The van der Waals surface area contributed by atoms with Gasteiger partial charge in [0, 0.05) is 12.5 Å². The van der Waals surface area contributed by atoms with Crippen molar-refractivity contribution in [2.45, 2.75) is 39.5 Å². The van der Waals surface area contributed by atoms with Crippen LogP contribution in [-0.2, 0) is 0 Å². The molecule has 0 rings (SSSR count). The van der Waals surface area contributed by atoms with Crippen molar-refractivity contribution in [1.29, 1.82) is 5.26 Å². The number of rotatable bonds is 6. The predicted molar refractivity (Wildman–Crippen MR) is 52.3 cm³/mol. The van der Waals surface area contributed by atoms with Crippen molar-refractivity contribution in [1.82, 2.24) is 0 Å². The molecule has 2 nitrogen and oxygen atoms in total. The minimum absolute atomic E-state index is 0.111. The van der Waals surface area contributed by atoms with Gasteiger partial charge in [0.15, 0.2) is 0 Å². The van der Waals surface area contributed by atoms with Gasteiger partial charge in [0.25, 0.3) is 0 Å². The van der Waals surface area contributed by atoms with Crippen LogP contribution in [0.4, 0.5) is 0 Å². The Hall–Kier alpha value is -0.840. The number of nitrogens with zero attached hydrogens (tertiary/aromatic N) is 2. The third-order valence-corrected chi connectivity index (χ3v) is 1.70. The first-order chi connectivity index (χ1) is 5.81. The monoisotopic (exact) mass is 166 g/mol. The van der Waals surface area contributed by atoms with Crippen LogP contribution in [0.1, 0.15) is 39.5 Å². The van der Waals surface area contributed by atoms with Gasteiger partial charge >= 0.3 is 0 Å². The van der Waals surface area contributed by atoms with Crippen molar-refractivity contribution in [3.8, 4) is 6.07 Å². The molecule has 0 radical (unpaired) electrons. The summed E-state index contributed by atoms with van der Waals surface area (Å²) in [6, 6.07) is 2.18. The summed E-state index contributed by atoms with van der Waals surface area (Å²) in [6.07, 6.45) is 6.34. The Morgan fingerprint density at radius 2 is 2.25 bits per heavy atom. The Morgan fingerprint density at radius 3 is 2.83 bits per heavy atom. The molecule has 0 bridgehead atoms. The van der Waals surface area contributed by atoms with E-state index in [4.69, 9.17) is 5.26 Å². The van der Waals surface area contributed by atoms with E-state index >= 15 is 0 Å². The van der Waals surface area contributed by atoms with E-state index in [1.807, 2.05) is 13.1 Å². The Balaban J connectivity index is 3.21. The smallest absolute Gasteiger partial charge is 0.0656 e. The Labute approximate surface area is 75.3 Å². The maximum absolute atomic E-state index is 8.46. The molecule has 68 valence electrons. The van der Waals surface area contributed by atoms with E-state index in [1.165, 1.54) is 19.3 Å². The second-order valence-corrected chi connectivity index (χ2v) is 3.06. The standard InChI is InChI=1S/C10H18N2/c1-3-4-5-7-12-8-6-10(2)9-11/h8,10H,3-7H2,1-2H3. The molecule has 12 heavy (non-hydrogen) atoms. The van der Waals surface area contributed by atoms with Gasteiger partial charge in [-0.1, -0.05) is 19.8 Å². The quantitative estimate of drug-likeness (QED) is 0.441. The van der Waals surface area contributed by atoms with E-state index in [0.29, 0.717) is 0 Å². The summed E-state index contributed by atoms with van der Waals surface area (Å²) >= 11 is 0. The molecule has 0 saturated heterocycles. The van der Waals surface area contributed by atoms with E-state index in [9.17, 15) is 0 Å². The Kier molecular flexibility index (Phi) is 7.68. The summed E-state index contributed by atoms with van der Waals surface area (Å²) in [5.41, 5.74) is 0. The van der Waals surface area contributed by atoms with Crippen molar-refractivity contribution in [3.05, 3.63) is 0 Å². The molecule has 0 aliphatic carbocycles. The second kappa shape index (κ2) is 8.26. The molecule has 1 unspecified atom stereocenters. The van der Waals surface area contributed by atoms with E-state index in [0.717, 1.165) is 13.0 Å². The molecule has 0 aliphatic heterocycles. The molecule has 0 heterocycles. The van der Waals surface area contributed by atoms with Crippen molar-refractivity contribution in [3.63, 3.8) is 0 Å². The molecule has 0 aromatic carbocycles. The highest BCUT2D eigenvalue weighted by Gasteiger charge is 1.93. The van der Waals surface area contributed by atoms with Gasteiger partial charge in [-0.05, 0) is 26.0 Å². The molecule has 0 spiro atoms. The lowest BCUT2D eigenvalue weighted by Gasteiger charge is -1.94. The van der Waals surface area contributed by atoms with Crippen LogP contribution in [0.5, 0.6) is 0 Å². The summed E-state index contributed by atoms with van der Waals surface area (Å²) < 4.78 is 0. The zero-order chi connectivity index (χ0) is 9.23. The molecular formula is C10H18N2. The van der Waals surface area contributed by atoms with Gasteiger partial charge in [-0.25, -0.2) is 0 Å². The lowest BCUT2D eigenvalue weighted by molar-refractivity contribution is 0.724. The van der Waals surface area contributed by atoms with Gasteiger partial charge in [-0.3, -0.25) is 4.99 Å². The van der Waals surface area contributed by atoms with Crippen molar-refractivity contribution in [2.75, 3.05) is 6.54 Å². The van der Waals surface area contributed by atoms with Gasteiger partial charge < -0.3 is 0 Å². The fourth-order valence-corrected chi connectivity index (χ4v) is 0.830. The maximum Gasteiger partial charge on any atom is 0.0656 e. The molecule has 0 aliphatic rings. The van der Waals surface area contributed by atoms with Crippen LogP contribution in [0.25, 0.3) is 0 Å². The van der Waals surface area contributed by atoms with Gasteiger partial charge in [-0.2, -0.15) is 5.26 Å². The molecule has 0 N–H and O–H groups in total. The summed E-state index contributed by atoms with van der Waals surface area (Å²) in [5, 5.41) is 8.46. The van der Waals surface area contributed by atoms with Crippen LogP contribution in [0.15, 0.2) is 4.99 Å². The first-order valence-electron chi connectivity index (χ1n) is 4.69. The summed E-state index contributed by atoms with van der Waals surface area (Å²) in [7, 11) is 0. The number of hydrogen-bond acceptors (Lipinski definition) is 2. The molecule has 0 aromatic heterocycles. The zero-order valence-electron chi connectivity index (χ0n) is 8.08. The highest BCUT2D eigenvalue weighted by molar-refractivity contribution is 5.57. The van der Waals surface area contributed by atoms with Crippen LogP contribution in [-0.4, -0.2) is 12.8 Å². The molecular weight excluding hydrogens is 148 g/mol. The number of hydrogen-bond donors (Lipinski definition) is 0. The Morgan fingerprint density at radius 1 is 1.50 bits per heavy atom. The summed E-state index contributed by atoms with van der Waals surface area (Å²) in [5.74, 6) is 0.111. The average Bonchev–Trinajstić information content (AvgIpc) is 2.10. The largest absolute Gasteiger partial charge is 0.297 e. The topological polar surface area (TPSA) is 36.1 Å². The third-order valence-electron chi connectivity index (χ3n) is 1.70. The van der Waals surface area contributed by atoms with Gasteiger partial charge in [0.2, 0.25) is 0 Å². The van der Waals surface area contributed by atoms with Crippen molar-refractivity contribution in [2.24, 2.45) is 10.9 Å². The van der Waals surface area contributed by atoms with Gasteiger partial charge in [0.1, 0.15) is 0 Å². The molecule has 0 fully saturated rings. The SMILES string of the molecule is CCCCCN=CCC(C)C#N. The van der Waals surface area contributed by atoms with Gasteiger partial charge in [0.05, 0.1) is 6.07 Å². The summed E-state index contributed by atoms with van der Waals surface area (Å²) in [4.78, 5) is 4.22. The lowest BCUT2D eigenvalue weighted by Crippen LogP contribution is -1.91. The maximum atomic E-state index is 8.46. The average molecular weight is 166 g/mol. The fraction of sp³-hybridized carbons (Fsp3) is 0.800. The van der Waals surface area contributed by atoms with E-state index in [1.54, 1.807) is 0 Å². The van der Waals surface area contributed by atoms with Crippen LogP contribution in [0.3, 0.4) is 0 Å². The fourth-order valence-electron chi connectivity index (χ4n) is 0.830. The second-order valence-electron chi connectivity index (χ2n) is 3.06. The van der Waals surface area contributed by atoms with Crippen molar-refractivity contribution < 1.29 is 0 Å². The predicted octanol–water partition coefficient (Wildman–Crippen LogP) is 2.80. The molecule has 1 atom stereocenters. The summed E-state index contributed by atoms with van der Waals surface area (Å²) in [6.45, 7) is 5.02. The minimum atomic E-state index is 0.111. The lowest BCUT2D eigenvalue weighted by atomic mass is 10.1. The van der Waals surface area contributed by atoms with Crippen LogP contribution in [0, 0.1) is 17.2 Å².